The molecule has 0 saturated heterocycles. The molecular formula is C24H25N3S2. The molecule has 3 nitrogen and oxygen atoms in total. The van der Waals surface area contributed by atoms with Crippen LogP contribution in [0, 0.1) is 13.8 Å². The molecule has 0 spiro atoms. The minimum Gasteiger partial charge on any atom is -0.358 e. The number of H-pyrrole nitrogens is 1. The van der Waals surface area contributed by atoms with E-state index in [0.29, 0.717) is 0 Å². The molecule has 29 heavy (non-hydrogen) atoms. The number of hydrogen-bond acceptors (Lipinski definition) is 2. The monoisotopic (exact) mass is 419 g/mol. The first-order valence-corrected chi connectivity index (χ1v) is 11.1. The summed E-state index contributed by atoms with van der Waals surface area (Å²) >= 11 is 7.60. The summed E-state index contributed by atoms with van der Waals surface area (Å²) in [5, 5.41) is 7.65. The van der Waals surface area contributed by atoms with Gasteiger partial charge in [-0.05, 0) is 67.2 Å². The van der Waals surface area contributed by atoms with Crippen LogP contribution < -0.4 is 5.32 Å². The minimum absolute atomic E-state index is 0.769. The van der Waals surface area contributed by atoms with Gasteiger partial charge < -0.3 is 15.2 Å². The van der Waals surface area contributed by atoms with E-state index in [1.54, 1.807) is 11.3 Å². The molecule has 0 amide bonds. The number of nitrogens with zero attached hydrogens (tertiary/aromatic N) is 1. The summed E-state index contributed by atoms with van der Waals surface area (Å²) in [6.45, 7) is 5.93. The Morgan fingerprint density at radius 2 is 1.83 bits per heavy atom. The van der Waals surface area contributed by atoms with Crippen molar-refractivity contribution in [1.29, 1.82) is 0 Å². The quantitative estimate of drug-likeness (QED) is 0.360. The zero-order valence-corrected chi connectivity index (χ0v) is 18.4. The highest BCUT2D eigenvalue weighted by Gasteiger charge is 2.15. The Bertz CT molecular complexity index is 1110. The van der Waals surface area contributed by atoms with Gasteiger partial charge in [0.25, 0.3) is 0 Å². The highest BCUT2D eigenvalue weighted by molar-refractivity contribution is 7.80. The third-order valence-electron chi connectivity index (χ3n) is 5.26. The number of hydrogen-bond donors (Lipinski definition) is 2. The van der Waals surface area contributed by atoms with Crippen molar-refractivity contribution < 1.29 is 0 Å². The summed E-state index contributed by atoms with van der Waals surface area (Å²) in [5.41, 5.74) is 6.07. The number of aryl methyl sites for hydroxylation is 2. The van der Waals surface area contributed by atoms with Crippen molar-refractivity contribution >= 4 is 45.3 Å². The van der Waals surface area contributed by atoms with Crippen LogP contribution in [0.5, 0.6) is 0 Å². The van der Waals surface area contributed by atoms with Gasteiger partial charge in [-0.25, -0.2) is 0 Å². The molecule has 0 radical (unpaired) electrons. The molecule has 2 heterocycles. The number of fused-ring (bicyclic) bond motifs is 1. The summed E-state index contributed by atoms with van der Waals surface area (Å²) in [4.78, 5) is 7.10. The maximum absolute atomic E-state index is 5.83. The van der Waals surface area contributed by atoms with E-state index < -0.39 is 0 Å². The van der Waals surface area contributed by atoms with Gasteiger partial charge in [0.05, 0.1) is 6.54 Å². The van der Waals surface area contributed by atoms with Crippen LogP contribution >= 0.6 is 23.6 Å². The van der Waals surface area contributed by atoms with Crippen LogP contribution in [-0.4, -0.2) is 21.5 Å². The van der Waals surface area contributed by atoms with E-state index >= 15 is 0 Å². The summed E-state index contributed by atoms with van der Waals surface area (Å²) in [5.74, 6) is 0. The Balaban J connectivity index is 1.54. The summed E-state index contributed by atoms with van der Waals surface area (Å²) in [6.07, 6.45) is 0.941. The second-order valence-electron chi connectivity index (χ2n) is 7.27. The largest absolute Gasteiger partial charge is 0.358 e. The Labute approximate surface area is 181 Å². The fourth-order valence-electron chi connectivity index (χ4n) is 3.65. The smallest absolute Gasteiger partial charge is 0.173 e. The lowest BCUT2D eigenvalue weighted by Gasteiger charge is -2.26. The van der Waals surface area contributed by atoms with Crippen molar-refractivity contribution in [3.05, 3.63) is 87.7 Å². The Morgan fingerprint density at radius 1 is 1.03 bits per heavy atom. The van der Waals surface area contributed by atoms with Gasteiger partial charge >= 0.3 is 0 Å². The van der Waals surface area contributed by atoms with Crippen LogP contribution in [0.1, 0.15) is 21.7 Å². The van der Waals surface area contributed by atoms with Gasteiger partial charge in [0.1, 0.15) is 0 Å². The second-order valence-corrected chi connectivity index (χ2v) is 8.69. The summed E-state index contributed by atoms with van der Waals surface area (Å²) in [7, 11) is 0. The molecule has 0 atom stereocenters. The number of thiocarbonyl (C=S) groups is 1. The van der Waals surface area contributed by atoms with Crippen LogP contribution in [0.25, 0.3) is 10.9 Å². The number of rotatable bonds is 6. The van der Waals surface area contributed by atoms with Crippen molar-refractivity contribution in [1.82, 2.24) is 9.88 Å². The van der Waals surface area contributed by atoms with E-state index in [4.69, 9.17) is 12.2 Å². The third kappa shape index (κ3) is 4.52. The SMILES string of the molecule is Cc1ccccc1NC(=S)N(CCc1c(C)[nH]c2ccccc12)Cc1cccs1. The molecule has 2 aromatic carbocycles. The second kappa shape index (κ2) is 8.80. The Hall–Kier alpha value is -2.63. The predicted octanol–water partition coefficient (Wildman–Crippen LogP) is 6.29. The molecule has 4 rings (SSSR count). The maximum Gasteiger partial charge on any atom is 0.173 e. The first kappa shape index (κ1) is 19.7. The fourth-order valence-corrected chi connectivity index (χ4v) is 4.64. The Kier molecular flexibility index (Phi) is 5.97. The van der Waals surface area contributed by atoms with E-state index in [1.165, 1.54) is 32.6 Å². The van der Waals surface area contributed by atoms with E-state index in [1.807, 2.05) is 12.1 Å². The van der Waals surface area contributed by atoms with Crippen molar-refractivity contribution in [3.63, 3.8) is 0 Å². The number of anilines is 1. The number of thiophene rings is 1. The maximum atomic E-state index is 5.83. The van der Waals surface area contributed by atoms with Gasteiger partial charge in [0, 0.05) is 33.7 Å². The molecule has 148 valence electrons. The summed E-state index contributed by atoms with van der Waals surface area (Å²) < 4.78 is 0. The van der Waals surface area contributed by atoms with Crippen LogP contribution in [0.2, 0.25) is 0 Å². The number of nitrogens with one attached hydrogen (secondary N) is 2. The fraction of sp³-hybridized carbons (Fsp3) is 0.208. The molecule has 2 aromatic heterocycles. The zero-order chi connectivity index (χ0) is 20.2. The first-order chi connectivity index (χ1) is 14.1. The third-order valence-corrected chi connectivity index (χ3v) is 6.48. The lowest BCUT2D eigenvalue weighted by atomic mass is 10.1. The van der Waals surface area contributed by atoms with Crippen LogP contribution in [0.3, 0.4) is 0 Å². The predicted molar refractivity (Wildman–Crippen MR) is 129 cm³/mol. The Morgan fingerprint density at radius 3 is 2.62 bits per heavy atom. The molecule has 4 aromatic rings. The van der Waals surface area contributed by atoms with Gasteiger partial charge in [-0.1, -0.05) is 42.5 Å². The van der Waals surface area contributed by atoms with Crippen molar-refractivity contribution in [2.75, 3.05) is 11.9 Å². The normalized spacial score (nSPS) is 11.0. The van der Waals surface area contributed by atoms with E-state index in [2.05, 4.69) is 83.0 Å². The molecule has 0 bridgehead atoms. The molecular weight excluding hydrogens is 394 g/mol. The number of para-hydroxylation sites is 2. The van der Waals surface area contributed by atoms with Crippen LogP contribution in [0.15, 0.2) is 66.0 Å². The number of aromatic amines is 1. The van der Waals surface area contributed by atoms with Gasteiger partial charge in [-0.2, -0.15) is 0 Å². The molecule has 0 aliphatic carbocycles. The minimum atomic E-state index is 0.769. The van der Waals surface area contributed by atoms with Crippen molar-refractivity contribution in [3.8, 4) is 0 Å². The lowest BCUT2D eigenvalue weighted by Crippen LogP contribution is -2.35. The molecule has 2 N–H and O–H groups in total. The number of aromatic nitrogens is 1. The van der Waals surface area contributed by atoms with Gasteiger partial charge in [0.2, 0.25) is 0 Å². The average Bonchev–Trinajstić information content (AvgIpc) is 3.34. The molecule has 0 unspecified atom stereocenters. The first-order valence-electron chi connectivity index (χ1n) is 9.82. The van der Waals surface area contributed by atoms with Crippen LogP contribution in [0.4, 0.5) is 5.69 Å². The van der Waals surface area contributed by atoms with Gasteiger partial charge in [-0.3, -0.25) is 0 Å². The average molecular weight is 420 g/mol. The van der Waals surface area contributed by atoms with E-state index in [-0.39, 0.29) is 0 Å². The van der Waals surface area contributed by atoms with Crippen molar-refractivity contribution in [2.24, 2.45) is 0 Å². The van der Waals surface area contributed by atoms with E-state index in [9.17, 15) is 0 Å². The van der Waals surface area contributed by atoms with Gasteiger partial charge in [-0.15, -0.1) is 11.3 Å². The van der Waals surface area contributed by atoms with E-state index in [0.717, 1.165) is 30.3 Å². The highest BCUT2D eigenvalue weighted by Crippen LogP contribution is 2.23. The topological polar surface area (TPSA) is 31.1 Å². The molecule has 0 fully saturated rings. The molecule has 0 aliphatic rings. The highest BCUT2D eigenvalue weighted by atomic mass is 32.1. The summed E-state index contributed by atoms with van der Waals surface area (Å²) in [6, 6.07) is 21.0. The number of benzene rings is 2. The standard InChI is InChI=1S/C24H25N3S2/c1-17-8-3-5-11-22(17)26-24(28)27(16-19-9-7-15-29-19)14-13-20-18(2)25-23-12-6-4-10-21(20)23/h3-12,15,25H,13-14,16H2,1-2H3,(H,26,28). The van der Waals surface area contributed by atoms with Crippen molar-refractivity contribution in [2.45, 2.75) is 26.8 Å². The molecule has 0 aliphatic heterocycles. The van der Waals surface area contributed by atoms with Gasteiger partial charge in [0.15, 0.2) is 5.11 Å². The molecule has 0 saturated carbocycles. The molecule has 5 heteroatoms. The lowest BCUT2D eigenvalue weighted by molar-refractivity contribution is 0.427. The van der Waals surface area contributed by atoms with Crippen LogP contribution in [-0.2, 0) is 13.0 Å². The zero-order valence-electron chi connectivity index (χ0n) is 16.7.